The van der Waals surface area contributed by atoms with E-state index in [0.29, 0.717) is 12.8 Å². The van der Waals surface area contributed by atoms with E-state index in [1.807, 2.05) is 0 Å². The molecule has 0 saturated carbocycles. The van der Waals surface area contributed by atoms with Crippen molar-refractivity contribution >= 4 is 16.3 Å². The summed E-state index contributed by atoms with van der Waals surface area (Å²) in [6.07, 6.45) is 29.8. The first-order valence-electron chi connectivity index (χ1n) is 23.8. The fourth-order valence-corrected chi connectivity index (χ4v) is 8.04. The second-order valence-electron chi connectivity index (χ2n) is 16.8. The number of hydrogen-bond acceptors (Lipinski definition) is 11. The zero-order valence-corrected chi connectivity index (χ0v) is 38.2. The van der Waals surface area contributed by atoms with Crippen molar-refractivity contribution in [1.82, 2.24) is 5.32 Å². The molecular formula is C46H87NO12S. The first kappa shape index (κ1) is 56.6. The number of nitrogens with one attached hydrogen (secondary N) is 1. The Kier molecular flexibility index (Phi) is 34.8. The van der Waals surface area contributed by atoms with Crippen LogP contribution in [0.15, 0.2) is 24.3 Å². The van der Waals surface area contributed by atoms with Crippen LogP contribution in [0.25, 0.3) is 0 Å². The van der Waals surface area contributed by atoms with E-state index in [2.05, 4.69) is 35.5 Å². The number of hydrogen-bond donors (Lipinski definition) is 7. The SMILES string of the molecule is CCCCCCCC/C=C/CC/C=C/C(O)C(COC1OC(CO)C(O)C(OS(=O)(=O)O)C1O)NC(=O)C(O)CCCCCCCCCCCCCCCCCCCCC. The van der Waals surface area contributed by atoms with Gasteiger partial charge in [0, 0.05) is 0 Å². The maximum absolute atomic E-state index is 13.1. The van der Waals surface area contributed by atoms with E-state index in [1.54, 1.807) is 6.08 Å². The molecule has 60 heavy (non-hydrogen) atoms. The smallest absolute Gasteiger partial charge is 0.394 e. The number of carbonyl (C=O) groups is 1. The Labute approximate surface area is 364 Å². The molecule has 8 unspecified atom stereocenters. The largest absolute Gasteiger partial charge is 0.397 e. The van der Waals surface area contributed by atoms with Crippen molar-refractivity contribution in [3.05, 3.63) is 24.3 Å². The molecule has 0 radical (unpaired) electrons. The molecule has 354 valence electrons. The van der Waals surface area contributed by atoms with Gasteiger partial charge in [0.05, 0.1) is 25.4 Å². The van der Waals surface area contributed by atoms with Crippen LogP contribution in [-0.2, 0) is 28.9 Å². The average Bonchev–Trinajstić information content (AvgIpc) is 3.22. The molecule has 1 fully saturated rings. The van der Waals surface area contributed by atoms with E-state index < -0.39 is 78.5 Å². The number of ether oxygens (including phenoxy) is 2. The quantitative estimate of drug-likeness (QED) is 0.0176. The van der Waals surface area contributed by atoms with Gasteiger partial charge < -0.3 is 40.3 Å². The van der Waals surface area contributed by atoms with Crippen LogP contribution in [-0.4, -0.2) is 107 Å². The second kappa shape index (κ2) is 37.0. The number of aliphatic hydroxyl groups is 5. The van der Waals surface area contributed by atoms with E-state index in [4.69, 9.17) is 9.47 Å². The van der Waals surface area contributed by atoms with E-state index in [1.165, 1.54) is 134 Å². The van der Waals surface area contributed by atoms with E-state index in [0.717, 1.165) is 38.5 Å². The Morgan fingerprint density at radius 3 is 1.60 bits per heavy atom. The van der Waals surface area contributed by atoms with Crippen LogP contribution < -0.4 is 5.32 Å². The number of amides is 1. The predicted octanol–water partition coefficient (Wildman–Crippen LogP) is 8.30. The molecule has 1 amide bonds. The van der Waals surface area contributed by atoms with Crippen molar-refractivity contribution in [3.63, 3.8) is 0 Å². The van der Waals surface area contributed by atoms with Crippen molar-refractivity contribution in [2.45, 2.75) is 249 Å². The molecule has 1 aliphatic heterocycles. The third kappa shape index (κ3) is 29.0. The molecule has 0 aliphatic carbocycles. The van der Waals surface area contributed by atoms with Gasteiger partial charge in [-0.1, -0.05) is 192 Å². The molecule has 0 spiro atoms. The molecule has 0 aromatic heterocycles. The first-order chi connectivity index (χ1) is 28.9. The minimum absolute atomic E-state index is 0.241. The van der Waals surface area contributed by atoms with Gasteiger partial charge in [0.2, 0.25) is 5.91 Å². The summed E-state index contributed by atoms with van der Waals surface area (Å²) < 4.78 is 47.5. The highest BCUT2D eigenvalue weighted by Gasteiger charge is 2.48. The molecule has 1 saturated heterocycles. The molecule has 1 rings (SSSR count). The summed E-state index contributed by atoms with van der Waals surface area (Å²) in [6.45, 7) is 3.19. The Morgan fingerprint density at radius 1 is 0.667 bits per heavy atom. The van der Waals surface area contributed by atoms with Gasteiger partial charge in [-0.25, -0.2) is 4.18 Å². The highest BCUT2D eigenvalue weighted by molar-refractivity contribution is 7.80. The maximum atomic E-state index is 13.1. The van der Waals surface area contributed by atoms with Gasteiger partial charge in [0.1, 0.15) is 30.5 Å². The summed E-state index contributed by atoms with van der Waals surface area (Å²) in [5, 5.41) is 55.1. The number of allylic oxidation sites excluding steroid dienone is 3. The first-order valence-corrected chi connectivity index (χ1v) is 25.2. The average molecular weight is 878 g/mol. The molecule has 0 aromatic carbocycles. The monoisotopic (exact) mass is 878 g/mol. The minimum atomic E-state index is -5.12. The van der Waals surface area contributed by atoms with Crippen molar-refractivity contribution in [3.8, 4) is 0 Å². The van der Waals surface area contributed by atoms with Gasteiger partial charge in [-0.05, 0) is 32.1 Å². The summed E-state index contributed by atoms with van der Waals surface area (Å²) in [7, 11) is -5.12. The third-order valence-corrected chi connectivity index (χ3v) is 11.8. The van der Waals surface area contributed by atoms with Crippen LogP contribution in [0.3, 0.4) is 0 Å². The van der Waals surface area contributed by atoms with Crippen LogP contribution in [0.5, 0.6) is 0 Å². The molecule has 0 bridgehead atoms. The molecule has 14 heteroatoms. The Balaban J connectivity index is 2.53. The molecular weight excluding hydrogens is 791 g/mol. The van der Waals surface area contributed by atoms with Gasteiger partial charge in [0.15, 0.2) is 6.29 Å². The van der Waals surface area contributed by atoms with Gasteiger partial charge in [0.25, 0.3) is 0 Å². The molecule has 1 heterocycles. The zero-order valence-electron chi connectivity index (χ0n) is 37.4. The van der Waals surface area contributed by atoms with Gasteiger partial charge in [-0.2, -0.15) is 8.42 Å². The lowest BCUT2D eigenvalue weighted by Crippen LogP contribution is -2.61. The number of aliphatic hydroxyl groups excluding tert-OH is 5. The van der Waals surface area contributed by atoms with E-state index in [9.17, 15) is 43.3 Å². The molecule has 13 nitrogen and oxygen atoms in total. The molecule has 1 aliphatic rings. The fourth-order valence-electron chi connectivity index (χ4n) is 7.54. The fraction of sp³-hybridized carbons (Fsp3) is 0.891. The van der Waals surface area contributed by atoms with Gasteiger partial charge >= 0.3 is 10.4 Å². The van der Waals surface area contributed by atoms with Crippen LogP contribution in [0.2, 0.25) is 0 Å². The predicted molar refractivity (Wildman–Crippen MR) is 238 cm³/mol. The lowest BCUT2D eigenvalue weighted by molar-refractivity contribution is -0.298. The molecule has 0 aromatic rings. The van der Waals surface area contributed by atoms with Crippen LogP contribution in [0, 0.1) is 0 Å². The number of carbonyl (C=O) groups excluding carboxylic acids is 1. The second-order valence-corrected chi connectivity index (χ2v) is 17.9. The zero-order chi connectivity index (χ0) is 44.3. The van der Waals surface area contributed by atoms with Gasteiger partial charge in [-0.15, -0.1) is 0 Å². The van der Waals surface area contributed by atoms with Crippen LogP contribution >= 0.6 is 0 Å². The Bertz CT molecular complexity index is 1190. The summed E-state index contributed by atoms with van der Waals surface area (Å²) in [4.78, 5) is 13.1. The maximum Gasteiger partial charge on any atom is 0.397 e. The highest BCUT2D eigenvalue weighted by atomic mass is 32.3. The van der Waals surface area contributed by atoms with Crippen LogP contribution in [0.1, 0.15) is 200 Å². The summed E-state index contributed by atoms with van der Waals surface area (Å²) in [5.74, 6) is -0.711. The summed E-state index contributed by atoms with van der Waals surface area (Å²) >= 11 is 0. The lowest BCUT2D eigenvalue weighted by Gasteiger charge is -2.41. The van der Waals surface area contributed by atoms with Crippen molar-refractivity contribution in [2.24, 2.45) is 0 Å². The van der Waals surface area contributed by atoms with E-state index in [-0.39, 0.29) is 6.42 Å². The normalized spacial score (nSPS) is 21.5. The van der Waals surface area contributed by atoms with Crippen molar-refractivity contribution < 1.29 is 57.0 Å². The standard InChI is InChI=1S/C46H87NO12S/c1-3-5-7-9-11-13-15-17-18-19-20-21-22-23-25-27-29-31-33-35-40(50)45(53)47-38(39(49)34-32-30-28-26-24-16-14-12-10-8-6-4-2)37-57-46-43(52)44(59-60(54,55)56)42(51)41(36-48)58-46/h24,26,32,34,38-44,46,48-52H,3-23,25,27-31,33,35-37H2,1-2H3,(H,47,53)(H,54,55,56)/b26-24+,34-32+. The van der Waals surface area contributed by atoms with Gasteiger partial charge in [-0.3, -0.25) is 9.35 Å². The number of unbranched alkanes of at least 4 members (excludes halogenated alkanes) is 25. The highest BCUT2D eigenvalue weighted by Crippen LogP contribution is 2.26. The summed E-state index contributed by atoms with van der Waals surface area (Å²) in [6, 6.07) is -1.13. The van der Waals surface area contributed by atoms with Crippen LogP contribution in [0.4, 0.5) is 0 Å². The Hall–Kier alpha value is -1.46. The van der Waals surface area contributed by atoms with Crippen molar-refractivity contribution in [2.75, 3.05) is 13.2 Å². The van der Waals surface area contributed by atoms with E-state index >= 15 is 0 Å². The lowest BCUT2D eigenvalue weighted by atomic mass is 9.99. The number of rotatable bonds is 40. The van der Waals surface area contributed by atoms with Crippen molar-refractivity contribution in [1.29, 1.82) is 0 Å². The topological polar surface area (TPSA) is 212 Å². The molecule has 8 atom stereocenters. The summed E-state index contributed by atoms with van der Waals surface area (Å²) in [5.41, 5.74) is 0. The third-order valence-electron chi connectivity index (χ3n) is 11.3. The minimum Gasteiger partial charge on any atom is -0.394 e. The molecule has 7 N–H and O–H groups in total. The Morgan fingerprint density at radius 2 is 1.12 bits per heavy atom.